The number of benzene rings is 1. The van der Waals surface area contributed by atoms with Crippen LogP contribution in [0.1, 0.15) is 17.9 Å². The van der Waals surface area contributed by atoms with Crippen molar-refractivity contribution < 1.29 is 18.0 Å². The Hall–Kier alpha value is -3.37. The number of rotatable bonds is 5. The molecule has 3 heterocycles. The van der Waals surface area contributed by atoms with Crippen LogP contribution in [0.5, 0.6) is 0 Å². The number of alkyl halides is 3. The second-order valence-corrected chi connectivity index (χ2v) is 7.31. The van der Waals surface area contributed by atoms with Crippen molar-refractivity contribution in [3.8, 4) is 0 Å². The van der Waals surface area contributed by atoms with E-state index in [1.54, 1.807) is 13.0 Å². The Balaban J connectivity index is 1.34. The lowest BCUT2D eigenvalue weighted by Crippen LogP contribution is -2.49. The summed E-state index contributed by atoms with van der Waals surface area (Å²) in [7, 11) is 0. The molecular formula is C20H22F3N7O. The van der Waals surface area contributed by atoms with Crippen molar-refractivity contribution in [2.75, 3.05) is 42.9 Å². The van der Waals surface area contributed by atoms with Crippen LogP contribution < -0.4 is 10.2 Å². The van der Waals surface area contributed by atoms with Gasteiger partial charge >= 0.3 is 6.18 Å². The second-order valence-electron chi connectivity index (χ2n) is 7.31. The van der Waals surface area contributed by atoms with Crippen molar-refractivity contribution in [3.05, 3.63) is 47.9 Å². The highest BCUT2D eigenvalue weighted by atomic mass is 19.4. The summed E-state index contributed by atoms with van der Waals surface area (Å²) in [6, 6.07) is 11.6. The summed E-state index contributed by atoms with van der Waals surface area (Å²) in [5.41, 5.74) is 1.64. The fourth-order valence-corrected chi connectivity index (χ4v) is 3.54. The minimum atomic E-state index is -4.66. The third kappa shape index (κ3) is 4.70. The zero-order valence-electron chi connectivity index (χ0n) is 16.9. The van der Waals surface area contributed by atoms with E-state index in [0.717, 1.165) is 23.3 Å². The molecule has 0 unspecified atom stereocenters. The van der Waals surface area contributed by atoms with Gasteiger partial charge in [0.05, 0.1) is 0 Å². The number of hydrogen-bond acceptors (Lipinski definition) is 6. The predicted octanol–water partition coefficient (Wildman–Crippen LogP) is 2.60. The summed E-state index contributed by atoms with van der Waals surface area (Å²) in [6.07, 6.45) is -4.44. The number of para-hydroxylation sites is 1. The van der Waals surface area contributed by atoms with Crippen molar-refractivity contribution in [3.63, 3.8) is 0 Å². The quantitative estimate of drug-likeness (QED) is 0.667. The Labute approximate surface area is 176 Å². The highest BCUT2D eigenvalue weighted by Crippen LogP contribution is 2.27. The Morgan fingerprint density at radius 1 is 1.10 bits per heavy atom. The SMILES string of the molecule is Cc1cc(NCCC(=O)N2CCN(c3ccccc3)CC2)n2nc(C(F)(F)F)nc2n1. The number of aryl methyl sites for hydroxylation is 1. The first kappa shape index (κ1) is 20.9. The maximum atomic E-state index is 12.9. The monoisotopic (exact) mass is 433 g/mol. The van der Waals surface area contributed by atoms with E-state index in [0.29, 0.717) is 24.6 Å². The van der Waals surface area contributed by atoms with E-state index in [2.05, 4.69) is 25.3 Å². The Morgan fingerprint density at radius 3 is 2.48 bits per heavy atom. The number of amides is 1. The average Bonchev–Trinajstić information content (AvgIpc) is 3.19. The molecule has 0 radical (unpaired) electrons. The van der Waals surface area contributed by atoms with E-state index in [1.165, 1.54) is 0 Å². The zero-order valence-corrected chi connectivity index (χ0v) is 16.9. The lowest BCUT2D eigenvalue weighted by Gasteiger charge is -2.36. The van der Waals surface area contributed by atoms with Crippen molar-refractivity contribution in [1.29, 1.82) is 0 Å². The lowest BCUT2D eigenvalue weighted by molar-refractivity contribution is -0.144. The number of carbonyl (C=O) groups excluding carboxylic acids is 1. The van der Waals surface area contributed by atoms with Gasteiger partial charge in [-0.3, -0.25) is 4.79 Å². The number of nitrogens with zero attached hydrogens (tertiary/aromatic N) is 6. The first-order chi connectivity index (χ1) is 14.8. The van der Waals surface area contributed by atoms with E-state index in [4.69, 9.17) is 0 Å². The van der Waals surface area contributed by atoms with Gasteiger partial charge in [-0.25, -0.2) is 4.98 Å². The van der Waals surface area contributed by atoms with Gasteiger partial charge in [-0.2, -0.15) is 22.7 Å². The van der Waals surface area contributed by atoms with Gasteiger partial charge in [-0.15, -0.1) is 5.10 Å². The Kier molecular flexibility index (Phi) is 5.66. The fourth-order valence-electron chi connectivity index (χ4n) is 3.54. The van der Waals surface area contributed by atoms with E-state index >= 15 is 0 Å². The van der Waals surface area contributed by atoms with Gasteiger partial charge in [0.25, 0.3) is 11.6 Å². The molecule has 1 saturated heterocycles. The van der Waals surface area contributed by atoms with E-state index in [-0.39, 0.29) is 24.7 Å². The standard InChI is InChI=1S/C20H22F3N7O/c1-14-13-16(30-19(25-14)26-18(27-30)20(21,22)23)24-8-7-17(31)29-11-9-28(10-12-29)15-5-3-2-4-6-15/h2-6,13,24H,7-12H2,1H3. The molecule has 1 aliphatic rings. The summed E-state index contributed by atoms with van der Waals surface area (Å²) in [5, 5.41) is 6.50. The fraction of sp³-hybridized carbons (Fsp3) is 0.400. The Bertz CT molecular complexity index is 1060. The number of nitrogens with one attached hydrogen (secondary N) is 1. The smallest absolute Gasteiger partial charge is 0.369 e. The molecule has 0 atom stereocenters. The van der Waals surface area contributed by atoms with Gasteiger partial charge in [0.1, 0.15) is 5.82 Å². The van der Waals surface area contributed by atoms with Crippen molar-refractivity contribution in [2.24, 2.45) is 0 Å². The van der Waals surface area contributed by atoms with Crippen LogP contribution in [0.15, 0.2) is 36.4 Å². The maximum Gasteiger partial charge on any atom is 0.453 e. The topological polar surface area (TPSA) is 78.7 Å². The molecule has 0 spiro atoms. The molecule has 4 rings (SSSR count). The first-order valence-corrected chi connectivity index (χ1v) is 9.94. The minimum absolute atomic E-state index is 0.00296. The summed E-state index contributed by atoms with van der Waals surface area (Å²) in [6.45, 7) is 4.69. The molecule has 1 fully saturated rings. The van der Waals surface area contributed by atoms with Gasteiger partial charge in [0.15, 0.2) is 0 Å². The Morgan fingerprint density at radius 2 is 1.81 bits per heavy atom. The number of fused-ring (bicyclic) bond motifs is 1. The molecule has 1 aliphatic heterocycles. The first-order valence-electron chi connectivity index (χ1n) is 9.94. The van der Waals surface area contributed by atoms with Crippen molar-refractivity contribution >= 4 is 23.2 Å². The van der Waals surface area contributed by atoms with Crippen molar-refractivity contribution in [1.82, 2.24) is 24.5 Å². The summed E-state index contributed by atoms with van der Waals surface area (Å²) in [4.78, 5) is 24.1. The second kappa shape index (κ2) is 8.40. The third-order valence-corrected chi connectivity index (χ3v) is 5.09. The largest absolute Gasteiger partial charge is 0.453 e. The van der Waals surface area contributed by atoms with Crippen LogP contribution in [0, 0.1) is 6.92 Å². The molecule has 1 amide bonds. The van der Waals surface area contributed by atoms with Crippen LogP contribution in [0.2, 0.25) is 0 Å². The van der Waals surface area contributed by atoms with E-state index < -0.39 is 12.0 Å². The molecule has 164 valence electrons. The maximum absolute atomic E-state index is 12.9. The molecule has 0 aliphatic carbocycles. The van der Waals surface area contributed by atoms with Gasteiger partial charge in [0.2, 0.25) is 5.91 Å². The summed E-state index contributed by atoms with van der Waals surface area (Å²) in [5.74, 6) is -1.08. The number of hydrogen-bond donors (Lipinski definition) is 1. The van der Waals surface area contributed by atoms with Gasteiger partial charge in [0, 0.05) is 56.6 Å². The third-order valence-electron chi connectivity index (χ3n) is 5.09. The minimum Gasteiger partial charge on any atom is -0.369 e. The number of anilines is 2. The molecule has 0 saturated carbocycles. The number of carbonyl (C=O) groups is 1. The highest BCUT2D eigenvalue weighted by molar-refractivity contribution is 5.77. The predicted molar refractivity (Wildman–Crippen MR) is 109 cm³/mol. The van der Waals surface area contributed by atoms with Gasteiger partial charge in [-0.05, 0) is 19.1 Å². The van der Waals surface area contributed by atoms with Crippen LogP contribution in [0.4, 0.5) is 24.7 Å². The molecule has 8 nitrogen and oxygen atoms in total. The zero-order chi connectivity index (χ0) is 22.0. The van der Waals surface area contributed by atoms with E-state index in [1.807, 2.05) is 35.2 Å². The molecule has 2 aromatic heterocycles. The molecule has 31 heavy (non-hydrogen) atoms. The number of halogens is 3. The molecule has 11 heteroatoms. The van der Waals surface area contributed by atoms with Crippen LogP contribution in [-0.2, 0) is 11.0 Å². The highest BCUT2D eigenvalue weighted by Gasteiger charge is 2.36. The molecular weight excluding hydrogens is 411 g/mol. The van der Waals surface area contributed by atoms with Crippen LogP contribution in [0.3, 0.4) is 0 Å². The summed E-state index contributed by atoms with van der Waals surface area (Å²) >= 11 is 0. The average molecular weight is 433 g/mol. The van der Waals surface area contributed by atoms with Gasteiger partial charge in [-0.1, -0.05) is 18.2 Å². The van der Waals surface area contributed by atoms with E-state index in [9.17, 15) is 18.0 Å². The van der Waals surface area contributed by atoms with Crippen molar-refractivity contribution in [2.45, 2.75) is 19.5 Å². The molecule has 3 aromatic rings. The van der Waals surface area contributed by atoms with Crippen LogP contribution >= 0.6 is 0 Å². The number of piperazine rings is 1. The van der Waals surface area contributed by atoms with Gasteiger partial charge < -0.3 is 15.1 Å². The molecule has 1 N–H and O–H groups in total. The molecule has 1 aromatic carbocycles. The summed E-state index contributed by atoms with van der Waals surface area (Å²) < 4.78 is 39.8. The van der Waals surface area contributed by atoms with Crippen LogP contribution in [-0.4, -0.2) is 63.1 Å². The normalized spacial score (nSPS) is 14.8. The lowest BCUT2D eigenvalue weighted by atomic mass is 10.2. The van der Waals surface area contributed by atoms with Crippen LogP contribution in [0.25, 0.3) is 5.78 Å². The number of aromatic nitrogens is 4. The molecule has 0 bridgehead atoms.